The van der Waals surface area contributed by atoms with Gasteiger partial charge in [0, 0.05) is 24.7 Å². The highest BCUT2D eigenvalue weighted by atomic mass is 19.2. The number of aliphatic hydroxyl groups is 1. The molecule has 1 fully saturated rings. The van der Waals surface area contributed by atoms with Crippen LogP contribution in [0.15, 0.2) is 42.5 Å². The highest BCUT2D eigenvalue weighted by molar-refractivity contribution is 5.92. The molecule has 3 N–H and O–H groups in total. The van der Waals surface area contributed by atoms with Gasteiger partial charge in [0.25, 0.3) is 0 Å². The van der Waals surface area contributed by atoms with Crippen LogP contribution in [0, 0.1) is 11.6 Å². The van der Waals surface area contributed by atoms with Crippen LogP contribution in [0.4, 0.5) is 8.78 Å². The maximum Gasteiger partial charge on any atom is 0.248 e. The van der Waals surface area contributed by atoms with Crippen molar-refractivity contribution in [3.63, 3.8) is 0 Å². The van der Waals surface area contributed by atoms with Crippen molar-refractivity contribution in [2.24, 2.45) is 5.73 Å². The minimum atomic E-state index is -0.889. The van der Waals surface area contributed by atoms with E-state index in [-0.39, 0.29) is 6.04 Å². The van der Waals surface area contributed by atoms with Gasteiger partial charge in [-0.1, -0.05) is 18.2 Å². The number of nitrogens with zero attached hydrogens (tertiary/aromatic N) is 1. The number of primary amides is 1. The van der Waals surface area contributed by atoms with Gasteiger partial charge in [-0.05, 0) is 41.8 Å². The Morgan fingerprint density at radius 2 is 1.88 bits per heavy atom. The number of benzene rings is 2. The molecule has 0 saturated carbocycles. The average molecular weight is 332 g/mol. The number of β-amino-alcohol motifs (C(OH)–C–C–N with tert-alkyl or cyclic N) is 1. The van der Waals surface area contributed by atoms with Crippen LogP contribution >= 0.6 is 0 Å². The number of amides is 1. The summed E-state index contributed by atoms with van der Waals surface area (Å²) >= 11 is 0. The quantitative estimate of drug-likeness (QED) is 0.903. The highest BCUT2D eigenvalue weighted by Gasteiger charge is 2.32. The summed E-state index contributed by atoms with van der Waals surface area (Å²) in [7, 11) is 0. The molecule has 0 bridgehead atoms. The van der Waals surface area contributed by atoms with Crippen LogP contribution in [0.3, 0.4) is 0 Å². The molecule has 0 aliphatic carbocycles. The second-order valence-corrected chi connectivity index (χ2v) is 6.07. The smallest absolute Gasteiger partial charge is 0.248 e. The maximum absolute atomic E-state index is 13.5. The van der Waals surface area contributed by atoms with E-state index in [1.165, 1.54) is 6.07 Å². The highest BCUT2D eigenvalue weighted by Crippen LogP contribution is 2.34. The van der Waals surface area contributed by atoms with Gasteiger partial charge in [-0.15, -0.1) is 0 Å². The standard InChI is InChI=1S/C18H18F2N2O2/c19-15-6-5-13(7-16(15)20)17-8-14(23)10-22(17)9-11-1-3-12(4-2-11)18(21)24/h1-7,14,17,23H,8-10H2,(H2,21,24). The number of aliphatic hydroxyl groups excluding tert-OH is 1. The summed E-state index contributed by atoms with van der Waals surface area (Å²) < 4.78 is 26.6. The van der Waals surface area contributed by atoms with Gasteiger partial charge in [-0.3, -0.25) is 9.69 Å². The van der Waals surface area contributed by atoms with Crippen molar-refractivity contribution in [3.05, 3.63) is 70.8 Å². The molecule has 0 radical (unpaired) electrons. The fourth-order valence-electron chi connectivity index (χ4n) is 3.13. The Bertz CT molecular complexity index is 749. The molecular formula is C18H18F2N2O2. The summed E-state index contributed by atoms with van der Waals surface area (Å²) in [6.45, 7) is 0.973. The van der Waals surface area contributed by atoms with Gasteiger partial charge in [0.1, 0.15) is 0 Å². The second kappa shape index (κ2) is 6.67. The third kappa shape index (κ3) is 3.44. The molecule has 0 aromatic heterocycles. The first-order valence-corrected chi connectivity index (χ1v) is 7.70. The molecule has 0 spiro atoms. The molecule has 3 rings (SSSR count). The minimum absolute atomic E-state index is 0.189. The van der Waals surface area contributed by atoms with Crippen molar-refractivity contribution < 1.29 is 18.7 Å². The van der Waals surface area contributed by atoms with Gasteiger partial charge in [-0.2, -0.15) is 0 Å². The average Bonchev–Trinajstić information content (AvgIpc) is 2.91. The van der Waals surface area contributed by atoms with E-state index in [4.69, 9.17) is 5.73 Å². The number of hydrogen-bond acceptors (Lipinski definition) is 3. The fraction of sp³-hybridized carbons (Fsp3) is 0.278. The molecule has 1 amide bonds. The zero-order chi connectivity index (χ0) is 17.3. The van der Waals surface area contributed by atoms with Crippen LogP contribution in [0.2, 0.25) is 0 Å². The van der Waals surface area contributed by atoms with E-state index in [9.17, 15) is 18.7 Å². The molecule has 2 aromatic carbocycles. The van der Waals surface area contributed by atoms with Crippen LogP contribution in [0.1, 0.15) is 33.9 Å². The molecular weight excluding hydrogens is 314 g/mol. The molecule has 2 atom stereocenters. The largest absolute Gasteiger partial charge is 0.392 e. The van der Waals surface area contributed by atoms with Crippen molar-refractivity contribution in [2.45, 2.75) is 25.1 Å². The number of halogens is 2. The maximum atomic E-state index is 13.5. The topological polar surface area (TPSA) is 66.6 Å². The lowest BCUT2D eigenvalue weighted by molar-refractivity contribution is 0.1000. The fourth-order valence-corrected chi connectivity index (χ4v) is 3.13. The van der Waals surface area contributed by atoms with E-state index in [1.807, 2.05) is 4.90 Å². The predicted octanol–water partition coefficient (Wildman–Crippen LogP) is 2.37. The Morgan fingerprint density at radius 3 is 2.50 bits per heavy atom. The van der Waals surface area contributed by atoms with E-state index < -0.39 is 23.6 Å². The van der Waals surface area contributed by atoms with Crippen molar-refractivity contribution in [1.82, 2.24) is 4.90 Å². The van der Waals surface area contributed by atoms with Gasteiger partial charge in [0.05, 0.1) is 6.10 Å². The van der Waals surface area contributed by atoms with Gasteiger partial charge in [-0.25, -0.2) is 8.78 Å². The number of rotatable bonds is 4. The Labute approximate surface area is 138 Å². The first-order valence-electron chi connectivity index (χ1n) is 7.70. The van der Waals surface area contributed by atoms with Crippen LogP contribution in [0.5, 0.6) is 0 Å². The summed E-state index contributed by atoms with van der Waals surface area (Å²) in [6, 6.07) is 10.5. The number of carbonyl (C=O) groups is 1. The molecule has 6 heteroatoms. The Hall–Kier alpha value is -2.31. The van der Waals surface area contributed by atoms with Crippen molar-refractivity contribution in [1.29, 1.82) is 0 Å². The van der Waals surface area contributed by atoms with Crippen molar-refractivity contribution >= 4 is 5.91 Å². The number of carbonyl (C=O) groups excluding carboxylic acids is 1. The monoisotopic (exact) mass is 332 g/mol. The molecule has 1 heterocycles. The van der Waals surface area contributed by atoms with E-state index >= 15 is 0 Å². The third-order valence-corrected chi connectivity index (χ3v) is 4.33. The third-order valence-electron chi connectivity index (χ3n) is 4.33. The summed E-state index contributed by atoms with van der Waals surface area (Å²) in [6.07, 6.45) is -0.0576. The molecule has 1 aliphatic rings. The van der Waals surface area contributed by atoms with E-state index in [0.717, 1.165) is 11.6 Å². The lowest BCUT2D eigenvalue weighted by Gasteiger charge is -2.24. The summed E-state index contributed by atoms with van der Waals surface area (Å²) in [5, 5.41) is 9.98. The second-order valence-electron chi connectivity index (χ2n) is 6.07. The van der Waals surface area contributed by atoms with Crippen LogP contribution in [-0.2, 0) is 6.54 Å². The predicted molar refractivity (Wildman–Crippen MR) is 85.1 cm³/mol. The molecule has 1 saturated heterocycles. The van der Waals surface area contributed by atoms with E-state index in [2.05, 4.69) is 0 Å². The Kier molecular flexibility index (Phi) is 4.59. The van der Waals surface area contributed by atoms with Gasteiger partial charge in [0.2, 0.25) is 5.91 Å². The van der Waals surface area contributed by atoms with Gasteiger partial charge >= 0.3 is 0 Å². The number of hydrogen-bond donors (Lipinski definition) is 2. The summed E-state index contributed by atoms with van der Waals surface area (Å²) in [4.78, 5) is 13.1. The van der Waals surface area contributed by atoms with Crippen LogP contribution in [-0.4, -0.2) is 28.6 Å². The van der Waals surface area contributed by atoms with Crippen molar-refractivity contribution in [2.75, 3.05) is 6.54 Å². The molecule has 2 unspecified atom stereocenters. The molecule has 2 aromatic rings. The lowest BCUT2D eigenvalue weighted by atomic mass is 10.0. The SMILES string of the molecule is NC(=O)c1ccc(CN2CC(O)CC2c2ccc(F)c(F)c2)cc1. The minimum Gasteiger partial charge on any atom is -0.392 e. The van der Waals surface area contributed by atoms with Crippen LogP contribution in [0.25, 0.3) is 0 Å². The Balaban J connectivity index is 1.80. The van der Waals surface area contributed by atoms with Crippen LogP contribution < -0.4 is 5.73 Å². The van der Waals surface area contributed by atoms with Crippen molar-refractivity contribution in [3.8, 4) is 0 Å². The molecule has 126 valence electrons. The summed E-state index contributed by atoms with van der Waals surface area (Å²) in [5.41, 5.74) is 7.23. The van der Waals surface area contributed by atoms with E-state index in [1.54, 1.807) is 30.3 Å². The molecule has 1 aliphatic heterocycles. The normalized spacial score (nSPS) is 21.1. The summed E-state index contributed by atoms with van der Waals surface area (Å²) in [5.74, 6) is -2.26. The number of nitrogens with two attached hydrogens (primary N) is 1. The first-order chi connectivity index (χ1) is 11.4. The van der Waals surface area contributed by atoms with E-state index in [0.29, 0.717) is 30.6 Å². The van der Waals surface area contributed by atoms with Gasteiger partial charge in [0.15, 0.2) is 11.6 Å². The zero-order valence-corrected chi connectivity index (χ0v) is 13.0. The molecule has 24 heavy (non-hydrogen) atoms. The number of likely N-dealkylation sites (tertiary alicyclic amines) is 1. The molecule has 4 nitrogen and oxygen atoms in total. The lowest BCUT2D eigenvalue weighted by Crippen LogP contribution is -2.24. The first kappa shape index (κ1) is 16.5. The Morgan fingerprint density at radius 1 is 1.17 bits per heavy atom. The zero-order valence-electron chi connectivity index (χ0n) is 13.0. The van der Waals surface area contributed by atoms with Gasteiger partial charge < -0.3 is 10.8 Å².